The highest BCUT2D eigenvalue weighted by Crippen LogP contribution is 2.33. The third-order valence-corrected chi connectivity index (χ3v) is 3.72. The van der Waals surface area contributed by atoms with Crippen molar-refractivity contribution in [1.29, 1.82) is 0 Å². The summed E-state index contributed by atoms with van der Waals surface area (Å²) in [6, 6.07) is 7.66. The molecule has 0 aromatic heterocycles. The van der Waals surface area contributed by atoms with Crippen LogP contribution in [0.2, 0.25) is 0 Å². The van der Waals surface area contributed by atoms with Crippen LogP contribution >= 0.6 is 11.8 Å². The average Bonchev–Trinajstić information content (AvgIpc) is 2.36. The monoisotopic (exact) mass is 283 g/mol. The number of hydrogen-bond acceptors (Lipinski definition) is 2. The zero-order chi connectivity index (χ0) is 13.8. The summed E-state index contributed by atoms with van der Waals surface area (Å²) in [5.74, 6) is -1.61. The minimum Gasteiger partial charge on any atom is -0.330 e. The van der Waals surface area contributed by atoms with Gasteiger partial charge in [0, 0.05) is 15.9 Å². The number of halogens is 3. The van der Waals surface area contributed by atoms with Gasteiger partial charge in [-0.2, -0.15) is 0 Å². The first-order valence-corrected chi connectivity index (χ1v) is 6.53. The third-order valence-electron chi connectivity index (χ3n) is 2.55. The Labute approximate surface area is 113 Å². The molecule has 0 heterocycles. The number of benzene rings is 2. The fourth-order valence-corrected chi connectivity index (χ4v) is 2.63. The van der Waals surface area contributed by atoms with Crippen LogP contribution in [0, 0.1) is 17.5 Å². The highest BCUT2D eigenvalue weighted by atomic mass is 32.2. The lowest BCUT2D eigenvalue weighted by molar-refractivity contribution is 0.565. The summed E-state index contributed by atoms with van der Waals surface area (Å²) in [5.41, 5.74) is 6.19. The Morgan fingerprint density at radius 3 is 2.16 bits per heavy atom. The molecule has 2 aromatic carbocycles. The molecule has 0 radical (unpaired) electrons. The quantitative estimate of drug-likeness (QED) is 0.924. The smallest absolute Gasteiger partial charge is 0.140 e. The first kappa shape index (κ1) is 14.0. The Hall–Kier alpha value is -1.46. The third kappa shape index (κ3) is 3.52. The molecule has 0 fully saturated rings. The summed E-state index contributed by atoms with van der Waals surface area (Å²) >= 11 is 1.13. The van der Waals surface area contributed by atoms with Crippen LogP contribution in [0.4, 0.5) is 13.2 Å². The maximum absolute atomic E-state index is 13.6. The molecule has 0 atom stereocenters. The lowest BCUT2D eigenvalue weighted by Gasteiger charge is -2.09. The first-order valence-electron chi connectivity index (χ1n) is 5.71. The Morgan fingerprint density at radius 1 is 0.895 bits per heavy atom. The zero-order valence-electron chi connectivity index (χ0n) is 10.00. The summed E-state index contributed by atoms with van der Waals surface area (Å²) in [5, 5.41) is 0. The van der Waals surface area contributed by atoms with E-state index in [1.807, 2.05) is 0 Å². The van der Waals surface area contributed by atoms with Gasteiger partial charge in [0.25, 0.3) is 0 Å². The predicted octanol–water partition coefficient (Wildman–Crippen LogP) is 3.76. The summed E-state index contributed by atoms with van der Waals surface area (Å²) in [6.07, 6.45) is 0.503. The average molecular weight is 283 g/mol. The van der Waals surface area contributed by atoms with E-state index in [4.69, 9.17) is 5.73 Å². The van der Waals surface area contributed by atoms with E-state index < -0.39 is 11.6 Å². The molecule has 5 heteroatoms. The fraction of sp³-hybridized carbons (Fsp3) is 0.143. The number of nitrogens with two attached hydrogens (primary N) is 1. The molecule has 1 nitrogen and oxygen atoms in total. The van der Waals surface area contributed by atoms with Crippen LogP contribution in [0.25, 0.3) is 0 Å². The molecule has 100 valence electrons. The molecule has 2 N–H and O–H groups in total. The largest absolute Gasteiger partial charge is 0.330 e. The molecule has 2 aromatic rings. The molecule has 19 heavy (non-hydrogen) atoms. The molecule has 0 saturated carbocycles. The van der Waals surface area contributed by atoms with Gasteiger partial charge in [0.1, 0.15) is 17.5 Å². The van der Waals surface area contributed by atoms with Crippen LogP contribution < -0.4 is 5.73 Å². The topological polar surface area (TPSA) is 26.0 Å². The van der Waals surface area contributed by atoms with Crippen molar-refractivity contribution in [2.24, 2.45) is 5.73 Å². The van der Waals surface area contributed by atoms with E-state index in [1.54, 1.807) is 6.07 Å². The van der Waals surface area contributed by atoms with Crippen molar-refractivity contribution < 1.29 is 13.2 Å². The van der Waals surface area contributed by atoms with Gasteiger partial charge in [-0.3, -0.25) is 0 Å². The van der Waals surface area contributed by atoms with Crippen molar-refractivity contribution in [3.8, 4) is 0 Å². The van der Waals surface area contributed by atoms with Gasteiger partial charge < -0.3 is 5.73 Å². The van der Waals surface area contributed by atoms with Gasteiger partial charge in [0.05, 0.1) is 0 Å². The second kappa shape index (κ2) is 6.12. The number of hydrogen-bond donors (Lipinski definition) is 1. The molecule has 0 saturated heterocycles. The van der Waals surface area contributed by atoms with Gasteiger partial charge in [-0.1, -0.05) is 11.8 Å². The molecule has 0 aliphatic carbocycles. The molecule has 2 rings (SSSR count). The molecular weight excluding hydrogens is 271 g/mol. The van der Waals surface area contributed by atoms with E-state index in [-0.39, 0.29) is 5.82 Å². The zero-order valence-corrected chi connectivity index (χ0v) is 10.8. The Morgan fingerprint density at radius 2 is 1.53 bits per heavy atom. The Kier molecular flexibility index (Phi) is 4.50. The van der Waals surface area contributed by atoms with Crippen LogP contribution in [0.5, 0.6) is 0 Å². The molecule has 0 aliphatic heterocycles. The minimum absolute atomic E-state index is 0.297. The number of rotatable bonds is 4. The van der Waals surface area contributed by atoms with Crippen LogP contribution in [0.1, 0.15) is 5.56 Å². The molecule has 0 aliphatic rings. The first-order chi connectivity index (χ1) is 9.10. The van der Waals surface area contributed by atoms with E-state index in [0.717, 1.165) is 28.3 Å². The van der Waals surface area contributed by atoms with Crippen molar-refractivity contribution in [1.82, 2.24) is 0 Å². The van der Waals surface area contributed by atoms with E-state index in [0.29, 0.717) is 17.9 Å². The van der Waals surface area contributed by atoms with E-state index in [2.05, 4.69) is 0 Å². The molecular formula is C14H12F3NS. The van der Waals surface area contributed by atoms with Gasteiger partial charge >= 0.3 is 0 Å². The second-order valence-electron chi connectivity index (χ2n) is 3.97. The van der Waals surface area contributed by atoms with Gasteiger partial charge in [0.15, 0.2) is 0 Å². The van der Waals surface area contributed by atoms with Crippen LogP contribution in [-0.2, 0) is 6.42 Å². The molecule has 0 unspecified atom stereocenters. The normalized spacial score (nSPS) is 10.7. The van der Waals surface area contributed by atoms with Crippen LogP contribution in [-0.4, -0.2) is 6.54 Å². The SMILES string of the molecule is NCCc1cc(F)ccc1Sc1ccc(F)cc1F. The van der Waals surface area contributed by atoms with Gasteiger partial charge in [-0.05, 0) is 48.9 Å². The standard InChI is InChI=1S/C14H12F3NS/c15-10-1-3-13(9(7-10)5-6-18)19-14-4-2-11(16)8-12(14)17/h1-4,7-8H,5-6,18H2. The summed E-state index contributed by atoms with van der Waals surface area (Å²) in [7, 11) is 0. The van der Waals surface area contributed by atoms with Gasteiger partial charge in [-0.25, -0.2) is 13.2 Å². The molecule has 0 spiro atoms. The summed E-state index contributed by atoms with van der Waals surface area (Å²) < 4.78 is 39.6. The lowest BCUT2D eigenvalue weighted by atomic mass is 10.1. The van der Waals surface area contributed by atoms with Crippen molar-refractivity contribution in [2.45, 2.75) is 16.2 Å². The Balaban J connectivity index is 2.32. The van der Waals surface area contributed by atoms with E-state index in [9.17, 15) is 13.2 Å². The maximum Gasteiger partial charge on any atom is 0.140 e. The molecule has 0 amide bonds. The fourth-order valence-electron chi connectivity index (χ4n) is 1.67. The summed E-state index contributed by atoms with van der Waals surface area (Å²) in [6.45, 7) is 0.378. The molecule has 0 bridgehead atoms. The lowest BCUT2D eigenvalue weighted by Crippen LogP contribution is -2.04. The maximum atomic E-state index is 13.6. The summed E-state index contributed by atoms with van der Waals surface area (Å²) in [4.78, 5) is 1.02. The van der Waals surface area contributed by atoms with Crippen molar-refractivity contribution in [3.63, 3.8) is 0 Å². The van der Waals surface area contributed by atoms with Crippen molar-refractivity contribution >= 4 is 11.8 Å². The highest BCUT2D eigenvalue weighted by Gasteiger charge is 2.09. The van der Waals surface area contributed by atoms with Crippen molar-refractivity contribution in [3.05, 3.63) is 59.4 Å². The minimum atomic E-state index is -0.631. The Bertz CT molecular complexity index is 587. The van der Waals surface area contributed by atoms with E-state index >= 15 is 0 Å². The van der Waals surface area contributed by atoms with Crippen LogP contribution in [0.3, 0.4) is 0 Å². The second-order valence-corrected chi connectivity index (χ2v) is 5.05. The van der Waals surface area contributed by atoms with Gasteiger partial charge in [0.2, 0.25) is 0 Å². The van der Waals surface area contributed by atoms with Gasteiger partial charge in [-0.15, -0.1) is 0 Å². The predicted molar refractivity (Wildman–Crippen MR) is 69.6 cm³/mol. The van der Waals surface area contributed by atoms with E-state index in [1.165, 1.54) is 24.3 Å². The highest BCUT2D eigenvalue weighted by molar-refractivity contribution is 7.99. The van der Waals surface area contributed by atoms with Crippen LogP contribution in [0.15, 0.2) is 46.2 Å². The van der Waals surface area contributed by atoms with Crippen molar-refractivity contribution in [2.75, 3.05) is 6.54 Å².